The molecule has 88 valence electrons. The van der Waals surface area contributed by atoms with Crippen molar-refractivity contribution in [3.05, 3.63) is 0 Å². The fourth-order valence-corrected chi connectivity index (χ4v) is 4.60. The zero-order chi connectivity index (χ0) is 10.9. The second-order valence-electron chi connectivity index (χ2n) is 4.67. The number of hydrogen-bond acceptors (Lipinski definition) is 4. The third kappa shape index (κ3) is 2.52. The molecule has 2 atom stereocenters. The molecule has 0 aromatic heterocycles. The number of hydrogen-bond donors (Lipinski definition) is 1. The molecule has 15 heavy (non-hydrogen) atoms. The summed E-state index contributed by atoms with van der Waals surface area (Å²) >= 11 is 0. The van der Waals surface area contributed by atoms with Crippen LogP contribution in [0.25, 0.3) is 0 Å². The first kappa shape index (κ1) is 11.4. The van der Waals surface area contributed by atoms with Crippen LogP contribution in [0.5, 0.6) is 0 Å². The Morgan fingerprint density at radius 2 is 2.13 bits per heavy atom. The smallest absolute Gasteiger partial charge is 0.166 e. The Bertz CT molecular complexity index is 315. The summed E-state index contributed by atoms with van der Waals surface area (Å²) in [6.45, 7) is 4.91. The molecule has 0 radical (unpaired) electrons. The van der Waals surface area contributed by atoms with Gasteiger partial charge in [-0.05, 0) is 32.7 Å². The minimum atomic E-state index is -2.83. The highest BCUT2D eigenvalue weighted by molar-refractivity contribution is 7.92. The molecular formula is C10H20N2O2S. The van der Waals surface area contributed by atoms with Crippen LogP contribution in [0.15, 0.2) is 0 Å². The van der Waals surface area contributed by atoms with E-state index in [9.17, 15) is 8.42 Å². The Labute approximate surface area is 91.9 Å². The molecule has 2 aliphatic heterocycles. The highest BCUT2D eigenvalue weighted by Crippen LogP contribution is 2.24. The molecule has 0 amide bonds. The predicted molar refractivity (Wildman–Crippen MR) is 60.5 cm³/mol. The van der Waals surface area contributed by atoms with Crippen molar-refractivity contribution in [2.75, 3.05) is 25.4 Å². The molecule has 0 saturated carbocycles. The van der Waals surface area contributed by atoms with Crippen molar-refractivity contribution in [3.8, 4) is 0 Å². The SMILES string of the molecule is CC1CN(C2CCCS2(=O)=O)CCCN1. The number of rotatable bonds is 1. The van der Waals surface area contributed by atoms with E-state index in [4.69, 9.17) is 0 Å². The third-order valence-corrected chi connectivity index (χ3v) is 5.55. The van der Waals surface area contributed by atoms with Gasteiger partial charge in [0.25, 0.3) is 0 Å². The van der Waals surface area contributed by atoms with Gasteiger partial charge in [-0.3, -0.25) is 4.90 Å². The maximum Gasteiger partial charge on any atom is 0.166 e. The molecule has 0 bridgehead atoms. The van der Waals surface area contributed by atoms with Gasteiger partial charge in [-0.15, -0.1) is 0 Å². The summed E-state index contributed by atoms with van der Waals surface area (Å²) < 4.78 is 23.6. The first-order valence-electron chi connectivity index (χ1n) is 5.78. The summed E-state index contributed by atoms with van der Waals surface area (Å²) in [5, 5.41) is 3.19. The maximum atomic E-state index is 11.8. The highest BCUT2D eigenvalue weighted by Gasteiger charge is 2.36. The summed E-state index contributed by atoms with van der Waals surface area (Å²) in [6.07, 6.45) is 2.72. The number of nitrogens with zero attached hydrogens (tertiary/aromatic N) is 1. The molecule has 2 rings (SSSR count). The van der Waals surface area contributed by atoms with Gasteiger partial charge in [-0.2, -0.15) is 0 Å². The fraction of sp³-hybridized carbons (Fsp3) is 1.00. The van der Waals surface area contributed by atoms with Crippen LogP contribution in [0.4, 0.5) is 0 Å². The van der Waals surface area contributed by atoms with Crippen LogP contribution in [0.3, 0.4) is 0 Å². The minimum absolute atomic E-state index is 0.195. The van der Waals surface area contributed by atoms with E-state index in [1.807, 2.05) is 0 Å². The minimum Gasteiger partial charge on any atom is -0.313 e. The first-order chi connectivity index (χ1) is 7.09. The van der Waals surface area contributed by atoms with Gasteiger partial charge < -0.3 is 5.32 Å². The van der Waals surface area contributed by atoms with E-state index in [0.717, 1.165) is 38.9 Å². The van der Waals surface area contributed by atoms with Gasteiger partial charge >= 0.3 is 0 Å². The zero-order valence-corrected chi connectivity index (χ0v) is 10.1. The Kier molecular flexibility index (Phi) is 3.33. The molecule has 2 unspecified atom stereocenters. The van der Waals surface area contributed by atoms with E-state index in [2.05, 4.69) is 17.1 Å². The van der Waals surface area contributed by atoms with Crippen LogP contribution in [0.1, 0.15) is 26.2 Å². The molecule has 4 nitrogen and oxygen atoms in total. The molecule has 0 aromatic rings. The summed E-state index contributed by atoms with van der Waals surface area (Å²) in [5.41, 5.74) is 0. The molecule has 2 aliphatic rings. The Hall–Kier alpha value is -0.130. The van der Waals surface area contributed by atoms with E-state index in [0.29, 0.717) is 11.8 Å². The van der Waals surface area contributed by atoms with E-state index >= 15 is 0 Å². The van der Waals surface area contributed by atoms with Crippen molar-refractivity contribution in [1.82, 2.24) is 10.2 Å². The molecule has 2 saturated heterocycles. The molecule has 1 N–H and O–H groups in total. The van der Waals surface area contributed by atoms with Gasteiger partial charge in [0.1, 0.15) is 5.37 Å². The van der Waals surface area contributed by atoms with Gasteiger partial charge in [-0.25, -0.2) is 8.42 Å². The molecular weight excluding hydrogens is 212 g/mol. The van der Waals surface area contributed by atoms with E-state index in [1.54, 1.807) is 0 Å². The predicted octanol–water partition coefficient (Wildman–Crippen LogP) is 0.205. The van der Waals surface area contributed by atoms with Crippen molar-refractivity contribution in [2.45, 2.75) is 37.6 Å². The summed E-state index contributed by atoms with van der Waals surface area (Å²) in [7, 11) is -2.83. The second kappa shape index (κ2) is 4.39. The second-order valence-corrected chi connectivity index (χ2v) is 6.95. The average Bonchev–Trinajstić information content (AvgIpc) is 2.38. The van der Waals surface area contributed by atoms with Crippen LogP contribution in [-0.4, -0.2) is 50.1 Å². The van der Waals surface area contributed by atoms with Crippen molar-refractivity contribution >= 4 is 9.84 Å². The lowest BCUT2D eigenvalue weighted by Gasteiger charge is -2.27. The van der Waals surface area contributed by atoms with Gasteiger partial charge in [0.05, 0.1) is 5.75 Å². The zero-order valence-electron chi connectivity index (χ0n) is 9.28. The Balaban J connectivity index is 2.08. The quantitative estimate of drug-likeness (QED) is 0.702. The van der Waals surface area contributed by atoms with Crippen LogP contribution in [0.2, 0.25) is 0 Å². The lowest BCUT2D eigenvalue weighted by atomic mass is 10.2. The molecule has 0 aliphatic carbocycles. The highest BCUT2D eigenvalue weighted by atomic mass is 32.2. The van der Waals surface area contributed by atoms with Crippen molar-refractivity contribution in [2.24, 2.45) is 0 Å². The fourth-order valence-electron chi connectivity index (χ4n) is 2.58. The normalized spacial score (nSPS) is 37.7. The Morgan fingerprint density at radius 3 is 2.80 bits per heavy atom. The van der Waals surface area contributed by atoms with E-state index in [1.165, 1.54) is 0 Å². The summed E-state index contributed by atoms with van der Waals surface area (Å²) in [4.78, 5) is 2.16. The number of sulfone groups is 1. The van der Waals surface area contributed by atoms with Gasteiger partial charge in [0, 0.05) is 19.1 Å². The van der Waals surface area contributed by atoms with Crippen molar-refractivity contribution < 1.29 is 8.42 Å². The van der Waals surface area contributed by atoms with Crippen LogP contribution in [-0.2, 0) is 9.84 Å². The first-order valence-corrected chi connectivity index (χ1v) is 7.50. The lowest BCUT2D eigenvalue weighted by molar-refractivity contribution is 0.244. The Morgan fingerprint density at radius 1 is 1.33 bits per heavy atom. The number of nitrogens with one attached hydrogen (secondary N) is 1. The van der Waals surface area contributed by atoms with Crippen LogP contribution in [0, 0.1) is 0 Å². The monoisotopic (exact) mass is 232 g/mol. The molecule has 0 aromatic carbocycles. The lowest BCUT2D eigenvalue weighted by Crippen LogP contribution is -2.43. The molecule has 5 heteroatoms. The summed E-state index contributed by atoms with van der Waals surface area (Å²) in [5.74, 6) is 0.385. The van der Waals surface area contributed by atoms with E-state index < -0.39 is 9.84 Å². The summed E-state index contributed by atoms with van der Waals surface area (Å²) in [6, 6.07) is 0.406. The van der Waals surface area contributed by atoms with Gasteiger partial charge in [0.15, 0.2) is 9.84 Å². The van der Waals surface area contributed by atoms with Crippen molar-refractivity contribution in [3.63, 3.8) is 0 Å². The average molecular weight is 232 g/mol. The van der Waals surface area contributed by atoms with Crippen LogP contribution < -0.4 is 5.32 Å². The van der Waals surface area contributed by atoms with Gasteiger partial charge in [-0.1, -0.05) is 0 Å². The third-order valence-electron chi connectivity index (χ3n) is 3.33. The standard InChI is InChI=1S/C10H20N2O2S/c1-9-8-12(6-3-5-11-9)10-4-2-7-15(10,13)14/h9-11H,2-8H2,1H3. The molecule has 2 fully saturated rings. The van der Waals surface area contributed by atoms with Gasteiger partial charge in [0.2, 0.25) is 0 Å². The van der Waals surface area contributed by atoms with Crippen molar-refractivity contribution in [1.29, 1.82) is 0 Å². The van der Waals surface area contributed by atoms with Crippen LogP contribution >= 0.6 is 0 Å². The maximum absolute atomic E-state index is 11.8. The molecule has 0 spiro atoms. The molecule has 2 heterocycles. The topological polar surface area (TPSA) is 49.4 Å². The largest absolute Gasteiger partial charge is 0.313 e. The van der Waals surface area contributed by atoms with E-state index in [-0.39, 0.29) is 5.37 Å².